The molecule has 1 heterocycles. The number of fused-ring (bicyclic) bond motifs is 1. The Morgan fingerprint density at radius 1 is 1.46 bits per heavy atom. The highest BCUT2D eigenvalue weighted by atomic mass is 79.9. The lowest BCUT2D eigenvalue weighted by molar-refractivity contribution is 0.0984. The first-order valence-electron chi connectivity index (χ1n) is 3.57. The molecule has 13 heavy (non-hydrogen) atoms. The van der Waals surface area contributed by atoms with Gasteiger partial charge in [-0.1, -0.05) is 27.5 Å². The summed E-state index contributed by atoms with van der Waals surface area (Å²) in [4.78, 5) is 11.5. The fourth-order valence-electron chi connectivity index (χ4n) is 1.09. The van der Waals surface area contributed by atoms with E-state index < -0.39 is 5.50 Å². The van der Waals surface area contributed by atoms with Crippen molar-refractivity contribution >= 4 is 39.0 Å². The molecule has 2 rings (SSSR count). The fraction of sp³-hybridized carbons (Fsp3) is 0.125. The van der Waals surface area contributed by atoms with Gasteiger partial charge in [-0.2, -0.15) is 10.2 Å². The largest absolute Gasteiger partial charge is 0.290 e. The second-order valence-electron chi connectivity index (χ2n) is 2.58. The van der Waals surface area contributed by atoms with Crippen LogP contribution in [0, 0.1) is 0 Å². The number of Topliss-reactive ketones (excluding diaryl/α,β-unsaturated/α-hetero) is 1. The molecule has 1 aromatic carbocycles. The molecule has 1 unspecified atom stereocenters. The summed E-state index contributed by atoms with van der Waals surface area (Å²) < 4.78 is 0.834. The van der Waals surface area contributed by atoms with Crippen LogP contribution in [0.15, 0.2) is 32.9 Å². The number of hydrogen-bond acceptors (Lipinski definition) is 3. The Balaban J connectivity index is 2.60. The standard InChI is InChI=1S/C8H4BrClN2O/c9-4-1-2-6-5(3-4)7(13)8(10)12-11-6/h1-3,8H. The Hall–Kier alpha value is -0.740. The van der Waals surface area contributed by atoms with E-state index in [2.05, 4.69) is 26.2 Å². The van der Waals surface area contributed by atoms with E-state index in [1.807, 2.05) is 0 Å². The molecular weight excluding hydrogens is 255 g/mol. The van der Waals surface area contributed by atoms with E-state index in [0.29, 0.717) is 11.3 Å². The number of rotatable bonds is 0. The van der Waals surface area contributed by atoms with Gasteiger partial charge in [-0.3, -0.25) is 4.79 Å². The zero-order chi connectivity index (χ0) is 9.42. The van der Waals surface area contributed by atoms with Crippen LogP contribution in [0.4, 0.5) is 5.69 Å². The average Bonchev–Trinajstić information content (AvgIpc) is 2.12. The summed E-state index contributed by atoms with van der Waals surface area (Å²) in [6.45, 7) is 0. The van der Waals surface area contributed by atoms with Gasteiger partial charge in [0.15, 0.2) is 0 Å². The average molecular weight is 259 g/mol. The molecule has 5 heteroatoms. The minimum atomic E-state index is -0.873. The van der Waals surface area contributed by atoms with Gasteiger partial charge in [0.05, 0.1) is 5.69 Å². The number of nitrogens with zero attached hydrogens (tertiary/aromatic N) is 2. The predicted octanol–water partition coefficient (Wildman–Crippen LogP) is 3.29. The highest BCUT2D eigenvalue weighted by molar-refractivity contribution is 9.10. The summed E-state index contributed by atoms with van der Waals surface area (Å²) in [5.41, 5.74) is 0.219. The molecule has 0 amide bonds. The molecular formula is C8H4BrClN2O. The van der Waals surface area contributed by atoms with Crippen LogP contribution >= 0.6 is 27.5 Å². The van der Waals surface area contributed by atoms with Crippen LogP contribution in [-0.2, 0) is 0 Å². The highest BCUT2D eigenvalue weighted by Crippen LogP contribution is 2.30. The first-order chi connectivity index (χ1) is 6.18. The molecule has 0 saturated heterocycles. The molecule has 3 nitrogen and oxygen atoms in total. The molecule has 0 spiro atoms. The summed E-state index contributed by atoms with van der Waals surface area (Å²) in [5.74, 6) is -0.201. The van der Waals surface area contributed by atoms with Gasteiger partial charge in [-0.25, -0.2) is 0 Å². The number of carbonyl (C=O) groups excluding carboxylic acids is 1. The Morgan fingerprint density at radius 3 is 3.00 bits per heavy atom. The molecule has 0 saturated carbocycles. The molecule has 0 N–H and O–H groups in total. The number of halogens is 2. The number of hydrogen-bond donors (Lipinski definition) is 0. The van der Waals surface area contributed by atoms with Gasteiger partial charge in [-0.05, 0) is 18.2 Å². The molecule has 66 valence electrons. The van der Waals surface area contributed by atoms with Gasteiger partial charge in [0.2, 0.25) is 11.3 Å². The lowest BCUT2D eigenvalue weighted by atomic mass is 10.1. The first kappa shape index (κ1) is 8.84. The van der Waals surface area contributed by atoms with Crippen LogP contribution < -0.4 is 0 Å². The van der Waals surface area contributed by atoms with E-state index >= 15 is 0 Å². The molecule has 1 atom stereocenters. The third kappa shape index (κ3) is 1.51. The van der Waals surface area contributed by atoms with Crippen molar-refractivity contribution in [3.63, 3.8) is 0 Å². The van der Waals surface area contributed by atoms with Crippen molar-refractivity contribution in [1.82, 2.24) is 0 Å². The fourth-order valence-corrected chi connectivity index (χ4v) is 1.61. The first-order valence-corrected chi connectivity index (χ1v) is 4.80. The van der Waals surface area contributed by atoms with Gasteiger partial charge < -0.3 is 0 Å². The summed E-state index contributed by atoms with van der Waals surface area (Å²) in [7, 11) is 0. The maximum absolute atomic E-state index is 11.5. The van der Waals surface area contributed by atoms with E-state index in [0.717, 1.165) is 4.47 Å². The number of azo groups is 1. The maximum atomic E-state index is 11.5. The second kappa shape index (κ2) is 3.20. The van der Waals surface area contributed by atoms with E-state index in [9.17, 15) is 4.79 Å². The normalized spacial score (nSPS) is 20.2. The Kier molecular flexibility index (Phi) is 2.17. The van der Waals surface area contributed by atoms with E-state index in [4.69, 9.17) is 11.6 Å². The summed E-state index contributed by atoms with van der Waals surface area (Å²) >= 11 is 8.89. The Morgan fingerprint density at radius 2 is 2.23 bits per heavy atom. The van der Waals surface area contributed by atoms with Crippen molar-refractivity contribution in [2.45, 2.75) is 5.50 Å². The van der Waals surface area contributed by atoms with Crippen molar-refractivity contribution in [3.8, 4) is 0 Å². The number of carbonyl (C=O) groups is 1. The Labute approximate surface area is 87.9 Å². The third-order valence-electron chi connectivity index (χ3n) is 1.71. The maximum Gasteiger partial charge on any atom is 0.207 e. The predicted molar refractivity (Wildman–Crippen MR) is 52.6 cm³/mol. The SMILES string of the molecule is O=C1c2cc(Br)ccc2N=NC1Cl. The molecule has 1 aliphatic heterocycles. The Bertz CT molecular complexity index is 405. The molecule has 1 aromatic rings. The zero-order valence-corrected chi connectivity index (χ0v) is 8.71. The van der Waals surface area contributed by atoms with Crippen LogP contribution in [0.5, 0.6) is 0 Å². The van der Waals surface area contributed by atoms with Gasteiger partial charge in [-0.15, -0.1) is 0 Å². The van der Waals surface area contributed by atoms with Crippen LogP contribution in [0.1, 0.15) is 10.4 Å². The van der Waals surface area contributed by atoms with Crippen molar-refractivity contribution in [2.75, 3.05) is 0 Å². The number of alkyl halides is 1. The van der Waals surface area contributed by atoms with Crippen molar-refractivity contribution in [1.29, 1.82) is 0 Å². The summed E-state index contributed by atoms with van der Waals surface area (Å²) in [6.07, 6.45) is 0. The van der Waals surface area contributed by atoms with Gasteiger partial charge in [0, 0.05) is 10.0 Å². The zero-order valence-electron chi connectivity index (χ0n) is 6.37. The van der Waals surface area contributed by atoms with E-state index in [1.165, 1.54) is 0 Å². The van der Waals surface area contributed by atoms with Gasteiger partial charge >= 0.3 is 0 Å². The topological polar surface area (TPSA) is 41.8 Å². The molecule has 0 fully saturated rings. The second-order valence-corrected chi connectivity index (χ2v) is 3.91. The summed E-state index contributed by atoms with van der Waals surface area (Å²) in [6, 6.07) is 5.23. The molecule has 0 aliphatic carbocycles. The smallest absolute Gasteiger partial charge is 0.207 e. The summed E-state index contributed by atoms with van der Waals surface area (Å²) in [5, 5.41) is 7.42. The minimum Gasteiger partial charge on any atom is -0.290 e. The molecule has 0 bridgehead atoms. The van der Waals surface area contributed by atoms with Gasteiger partial charge in [0.25, 0.3) is 0 Å². The van der Waals surface area contributed by atoms with Crippen molar-refractivity contribution in [3.05, 3.63) is 28.2 Å². The van der Waals surface area contributed by atoms with Crippen LogP contribution in [0.25, 0.3) is 0 Å². The quantitative estimate of drug-likeness (QED) is 0.520. The number of ketones is 1. The van der Waals surface area contributed by atoms with Crippen LogP contribution in [-0.4, -0.2) is 11.3 Å². The minimum absolute atomic E-state index is 0.201. The van der Waals surface area contributed by atoms with Crippen LogP contribution in [0.3, 0.4) is 0 Å². The van der Waals surface area contributed by atoms with Crippen molar-refractivity contribution < 1.29 is 4.79 Å². The van der Waals surface area contributed by atoms with Crippen molar-refractivity contribution in [2.24, 2.45) is 10.2 Å². The van der Waals surface area contributed by atoms with Gasteiger partial charge in [0.1, 0.15) is 0 Å². The monoisotopic (exact) mass is 258 g/mol. The van der Waals surface area contributed by atoms with E-state index in [-0.39, 0.29) is 5.78 Å². The van der Waals surface area contributed by atoms with Crippen LogP contribution in [0.2, 0.25) is 0 Å². The molecule has 1 aliphatic rings. The lowest BCUT2D eigenvalue weighted by Crippen LogP contribution is -2.14. The van der Waals surface area contributed by atoms with E-state index in [1.54, 1.807) is 18.2 Å². The molecule has 0 radical (unpaired) electrons. The number of benzene rings is 1. The lowest BCUT2D eigenvalue weighted by Gasteiger charge is -2.10. The third-order valence-corrected chi connectivity index (χ3v) is 2.49. The highest BCUT2D eigenvalue weighted by Gasteiger charge is 2.23. The molecule has 0 aromatic heterocycles.